The lowest BCUT2D eigenvalue weighted by Gasteiger charge is -2.01. The van der Waals surface area contributed by atoms with Crippen LogP contribution < -0.4 is 5.46 Å². The fraction of sp³-hybridized carbons (Fsp3) is 0. The number of phenolic OH excluding ortho intramolecular Hbond substituents is 1. The molecule has 1 aromatic carbocycles. The van der Waals surface area contributed by atoms with Gasteiger partial charge in [0.15, 0.2) is 5.78 Å². The molecule has 1 aromatic heterocycles. The van der Waals surface area contributed by atoms with Crippen LogP contribution in [0.15, 0.2) is 48.7 Å². The monoisotopic (exact) mass is 237 g/mol. The molecule has 0 atom stereocenters. The highest BCUT2D eigenvalue weighted by Crippen LogP contribution is 2.15. The summed E-state index contributed by atoms with van der Waals surface area (Å²) in [6.07, 6.45) is 4.70. The zero-order chi connectivity index (χ0) is 13.0. The number of phenols is 1. The Labute approximate surface area is 106 Å². The Bertz CT molecular complexity index is 594. The van der Waals surface area contributed by atoms with Crippen molar-refractivity contribution in [1.82, 2.24) is 4.98 Å². The van der Waals surface area contributed by atoms with Crippen LogP contribution in [0.1, 0.15) is 16.1 Å². The van der Waals surface area contributed by atoms with Gasteiger partial charge in [-0.2, -0.15) is 0 Å². The van der Waals surface area contributed by atoms with E-state index in [2.05, 4.69) is 4.98 Å². The molecule has 1 heterocycles. The Morgan fingerprint density at radius 2 is 2.11 bits per heavy atom. The highest BCUT2D eigenvalue weighted by molar-refractivity contribution is 6.33. The minimum atomic E-state index is -0.234. The molecule has 2 aromatic rings. The maximum atomic E-state index is 11.9. The molecule has 4 heteroatoms. The number of carbonyl (C=O) groups is 1. The molecule has 0 saturated carbocycles. The van der Waals surface area contributed by atoms with E-state index in [1.807, 2.05) is 20.0 Å². The number of pyridine rings is 1. The molecule has 0 aliphatic carbocycles. The van der Waals surface area contributed by atoms with Crippen molar-refractivity contribution in [2.75, 3.05) is 0 Å². The molecule has 1 N–H and O–H groups in total. The van der Waals surface area contributed by atoms with Gasteiger partial charge in [-0.05, 0) is 30.4 Å². The Hall–Kier alpha value is -2.36. The zero-order valence-electron chi connectivity index (χ0n) is 10.00. The number of benzene rings is 1. The summed E-state index contributed by atoms with van der Waals surface area (Å²) < 4.78 is 0. The van der Waals surface area contributed by atoms with Gasteiger partial charge in [0.2, 0.25) is 0 Å². The summed E-state index contributed by atoms with van der Waals surface area (Å²) in [4.78, 5) is 16.0. The van der Waals surface area contributed by atoms with Gasteiger partial charge < -0.3 is 5.11 Å². The molecular formula is C14H12BNO2. The predicted octanol–water partition coefficient (Wildman–Crippen LogP) is 0.942. The predicted molar refractivity (Wildman–Crippen MR) is 73.9 cm³/mol. The van der Waals surface area contributed by atoms with Gasteiger partial charge in [0, 0.05) is 6.20 Å². The van der Waals surface area contributed by atoms with Crippen molar-refractivity contribution in [2.45, 2.75) is 0 Å². The van der Waals surface area contributed by atoms with E-state index in [9.17, 15) is 9.90 Å². The van der Waals surface area contributed by atoms with Crippen LogP contribution >= 0.6 is 0 Å². The SMILES string of the molecule is Bc1ccc(O)c(C(=O)/C=C/c2ccccn2)c1. The molecule has 18 heavy (non-hydrogen) atoms. The lowest BCUT2D eigenvalue weighted by atomic mass is 9.93. The van der Waals surface area contributed by atoms with Gasteiger partial charge in [-0.15, -0.1) is 0 Å². The molecule has 0 unspecified atom stereocenters. The van der Waals surface area contributed by atoms with Crippen LogP contribution in [-0.4, -0.2) is 23.7 Å². The van der Waals surface area contributed by atoms with Crippen LogP contribution in [0, 0.1) is 0 Å². The van der Waals surface area contributed by atoms with Gasteiger partial charge in [-0.1, -0.05) is 23.7 Å². The number of carbonyl (C=O) groups excluding carboxylic acids is 1. The van der Waals surface area contributed by atoms with Gasteiger partial charge in [-0.25, -0.2) is 0 Å². The van der Waals surface area contributed by atoms with Crippen molar-refractivity contribution in [3.63, 3.8) is 0 Å². The van der Waals surface area contributed by atoms with Crippen LogP contribution in [0.4, 0.5) is 0 Å². The third-order valence-electron chi connectivity index (χ3n) is 2.51. The summed E-state index contributed by atoms with van der Waals surface area (Å²) in [6.45, 7) is 0. The molecule has 2 rings (SSSR count). The van der Waals surface area contributed by atoms with Gasteiger partial charge in [0.05, 0.1) is 11.3 Å². The number of hydrogen-bond donors (Lipinski definition) is 1. The van der Waals surface area contributed by atoms with Crippen molar-refractivity contribution < 1.29 is 9.90 Å². The van der Waals surface area contributed by atoms with E-state index in [1.165, 1.54) is 12.1 Å². The maximum absolute atomic E-state index is 11.9. The van der Waals surface area contributed by atoms with E-state index in [0.29, 0.717) is 11.3 Å². The second kappa shape index (κ2) is 5.32. The molecule has 0 aliphatic rings. The second-order valence-corrected chi connectivity index (χ2v) is 3.97. The molecule has 0 radical (unpaired) electrons. The largest absolute Gasteiger partial charge is 0.507 e. The average Bonchev–Trinajstić information content (AvgIpc) is 2.40. The van der Waals surface area contributed by atoms with E-state index in [1.54, 1.807) is 30.5 Å². The van der Waals surface area contributed by atoms with Crippen LogP contribution in [0.25, 0.3) is 6.08 Å². The maximum Gasteiger partial charge on any atom is 0.189 e. The first-order valence-electron chi connectivity index (χ1n) is 5.60. The molecule has 0 aliphatic heterocycles. The quantitative estimate of drug-likeness (QED) is 0.491. The van der Waals surface area contributed by atoms with Crippen molar-refractivity contribution >= 4 is 25.2 Å². The van der Waals surface area contributed by atoms with Crippen LogP contribution in [-0.2, 0) is 0 Å². The molecule has 0 fully saturated rings. The van der Waals surface area contributed by atoms with Crippen LogP contribution in [0.3, 0.4) is 0 Å². The van der Waals surface area contributed by atoms with Gasteiger partial charge >= 0.3 is 0 Å². The van der Waals surface area contributed by atoms with Gasteiger partial charge in [0.1, 0.15) is 13.6 Å². The number of allylic oxidation sites excluding steroid dienone is 1. The number of nitrogens with zero attached hydrogens (tertiary/aromatic N) is 1. The normalized spacial score (nSPS) is 10.7. The topological polar surface area (TPSA) is 50.2 Å². The summed E-state index contributed by atoms with van der Waals surface area (Å²) in [5.41, 5.74) is 1.95. The summed E-state index contributed by atoms with van der Waals surface area (Å²) in [7, 11) is 1.87. The molecule has 0 bridgehead atoms. The standard InChI is InChI=1S/C14H12BNO2/c15-10-4-6-13(17)12(9-10)14(18)7-5-11-3-1-2-8-16-11/h1-9,17H,15H2/b7-5+. The zero-order valence-corrected chi connectivity index (χ0v) is 10.00. The molecule has 0 saturated heterocycles. The molecule has 0 spiro atoms. The van der Waals surface area contributed by atoms with E-state index in [4.69, 9.17) is 0 Å². The third-order valence-corrected chi connectivity index (χ3v) is 2.51. The number of rotatable bonds is 3. The Morgan fingerprint density at radius 3 is 2.83 bits per heavy atom. The fourth-order valence-electron chi connectivity index (χ4n) is 1.57. The summed E-state index contributed by atoms with van der Waals surface area (Å²) >= 11 is 0. The highest BCUT2D eigenvalue weighted by Gasteiger charge is 2.07. The fourth-order valence-corrected chi connectivity index (χ4v) is 1.57. The number of hydrogen-bond acceptors (Lipinski definition) is 3. The number of ketones is 1. The Morgan fingerprint density at radius 1 is 1.28 bits per heavy atom. The third kappa shape index (κ3) is 2.85. The van der Waals surface area contributed by atoms with Crippen LogP contribution in [0.2, 0.25) is 0 Å². The summed E-state index contributed by atoms with van der Waals surface area (Å²) in [6, 6.07) is 10.4. The Kier molecular flexibility index (Phi) is 3.58. The minimum absolute atomic E-state index is 0.00345. The van der Waals surface area contributed by atoms with Crippen molar-refractivity contribution in [2.24, 2.45) is 0 Å². The molecule has 0 amide bonds. The first kappa shape index (κ1) is 12.1. The van der Waals surface area contributed by atoms with Gasteiger partial charge in [0.25, 0.3) is 0 Å². The molecule has 3 nitrogen and oxygen atoms in total. The minimum Gasteiger partial charge on any atom is -0.507 e. The Balaban J connectivity index is 2.22. The number of aromatic nitrogens is 1. The van der Waals surface area contributed by atoms with Crippen molar-refractivity contribution in [3.05, 3.63) is 59.9 Å². The summed E-state index contributed by atoms with van der Waals surface area (Å²) in [5, 5.41) is 9.63. The molecule has 88 valence electrons. The second-order valence-electron chi connectivity index (χ2n) is 3.97. The van der Waals surface area contributed by atoms with Crippen molar-refractivity contribution in [1.29, 1.82) is 0 Å². The van der Waals surface area contributed by atoms with E-state index in [-0.39, 0.29) is 11.5 Å². The van der Waals surface area contributed by atoms with Crippen LogP contribution in [0.5, 0.6) is 5.75 Å². The highest BCUT2D eigenvalue weighted by atomic mass is 16.3. The van der Waals surface area contributed by atoms with Gasteiger partial charge in [-0.3, -0.25) is 9.78 Å². The van der Waals surface area contributed by atoms with E-state index >= 15 is 0 Å². The lowest BCUT2D eigenvalue weighted by Crippen LogP contribution is -2.06. The average molecular weight is 237 g/mol. The molecular weight excluding hydrogens is 225 g/mol. The van der Waals surface area contributed by atoms with E-state index in [0.717, 1.165) is 5.46 Å². The van der Waals surface area contributed by atoms with E-state index < -0.39 is 0 Å². The summed E-state index contributed by atoms with van der Waals surface area (Å²) in [5.74, 6) is -0.238. The first-order chi connectivity index (χ1) is 8.66. The smallest absolute Gasteiger partial charge is 0.189 e. The first-order valence-corrected chi connectivity index (χ1v) is 5.60. The van der Waals surface area contributed by atoms with Crippen molar-refractivity contribution in [3.8, 4) is 5.75 Å². The lowest BCUT2D eigenvalue weighted by molar-refractivity contribution is 0.104. The number of aromatic hydroxyl groups is 1.